The fourth-order valence-electron chi connectivity index (χ4n) is 3.41. The molecule has 3 N–H and O–H groups in total. The number of aromatic nitrogens is 1. The van der Waals surface area contributed by atoms with Gasteiger partial charge in [-0.15, -0.1) is 12.4 Å². The van der Waals surface area contributed by atoms with Crippen molar-refractivity contribution in [1.82, 2.24) is 15.0 Å². The van der Waals surface area contributed by atoms with Crippen molar-refractivity contribution in [2.45, 2.75) is 24.0 Å². The Labute approximate surface area is 186 Å². The van der Waals surface area contributed by atoms with Crippen molar-refractivity contribution in [2.24, 2.45) is 0 Å². The molecule has 2 aromatic carbocycles. The first-order chi connectivity index (χ1) is 14.4. The van der Waals surface area contributed by atoms with E-state index in [9.17, 15) is 13.5 Å². The molecule has 2 atom stereocenters. The number of halogens is 1. The molecule has 4 rings (SSSR count). The van der Waals surface area contributed by atoms with Crippen LogP contribution in [0.5, 0.6) is 0 Å². The van der Waals surface area contributed by atoms with Crippen molar-refractivity contribution in [1.29, 1.82) is 0 Å². The third-order valence-corrected chi connectivity index (χ3v) is 6.52. The molecular formula is C22H24ClN3O4S. The molecule has 2 heterocycles. The number of hydrogen-bond acceptors (Lipinski definition) is 6. The molecule has 7 nitrogen and oxygen atoms in total. The van der Waals surface area contributed by atoms with Crippen molar-refractivity contribution in [2.75, 3.05) is 13.1 Å². The number of pyridine rings is 1. The lowest BCUT2D eigenvalue weighted by molar-refractivity contribution is 0.174. The minimum absolute atomic E-state index is 0. The fourth-order valence-corrected chi connectivity index (χ4v) is 4.68. The molecule has 0 aliphatic rings. The minimum atomic E-state index is -3.66. The number of aliphatic hydroxyl groups is 1. The summed E-state index contributed by atoms with van der Waals surface area (Å²) in [5, 5.41) is 16.1. The largest absolute Gasteiger partial charge is 0.464 e. The van der Waals surface area contributed by atoms with E-state index in [-0.39, 0.29) is 29.9 Å². The number of benzene rings is 2. The van der Waals surface area contributed by atoms with E-state index in [1.165, 1.54) is 0 Å². The van der Waals surface area contributed by atoms with E-state index in [0.29, 0.717) is 12.1 Å². The van der Waals surface area contributed by atoms with Crippen LogP contribution in [0, 0.1) is 0 Å². The highest BCUT2D eigenvalue weighted by Crippen LogP contribution is 2.25. The third kappa shape index (κ3) is 5.23. The van der Waals surface area contributed by atoms with Gasteiger partial charge in [-0.25, -0.2) is 13.1 Å². The number of nitrogens with zero attached hydrogens (tertiary/aromatic N) is 1. The molecule has 0 aliphatic heterocycles. The summed E-state index contributed by atoms with van der Waals surface area (Å²) in [4.78, 5) is 4.24. The number of fused-ring (bicyclic) bond motifs is 2. The molecule has 0 radical (unpaired) electrons. The molecule has 0 spiro atoms. The van der Waals surface area contributed by atoms with Gasteiger partial charge in [0.2, 0.25) is 10.0 Å². The number of furan rings is 1. The van der Waals surface area contributed by atoms with Crippen LogP contribution in [0.25, 0.3) is 21.7 Å². The van der Waals surface area contributed by atoms with E-state index >= 15 is 0 Å². The van der Waals surface area contributed by atoms with Gasteiger partial charge in [0.25, 0.3) is 0 Å². The SMILES string of the molecule is C[C@H](CNCC(O)c1coc2ccccc12)NS(=O)(=O)c1ccc2cnccc2c1.Cl. The Morgan fingerprint density at radius 3 is 2.74 bits per heavy atom. The van der Waals surface area contributed by atoms with Crippen LogP contribution in [0.1, 0.15) is 18.6 Å². The Morgan fingerprint density at radius 2 is 1.90 bits per heavy atom. The van der Waals surface area contributed by atoms with Crippen LogP contribution in [0.15, 0.2) is 76.5 Å². The maximum atomic E-state index is 12.7. The number of nitrogens with one attached hydrogen (secondary N) is 2. The zero-order valence-electron chi connectivity index (χ0n) is 16.9. The molecule has 0 bridgehead atoms. The molecule has 164 valence electrons. The van der Waals surface area contributed by atoms with Crippen LogP contribution in [-0.2, 0) is 10.0 Å². The van der Waals surface area contributed by atoms with Gasteiger partial charge in [-0.05, 0) is 36.6 Å². The van der Waals surface area contributed by atoms with Crippen LogP contribution in [-0.4, -0.2) is 37.6 Å². The predicted molar refractivity (Wildman–Crippen MR) is 123 cm³/mol. The Hall–Kier alpha value is -2.49. The molecule has 2 aromatic heterocycles. The van der Waals surface area contributed by atoms with Crippen LogP contribution in [0.3, 0.4) is 0 Å². The lowest BCUT2D eigenvalue weighted by Gasteiger charge is -2.17. The zero-order chi connectivity index (χ0) is 21.1. The van der Waals surface area contributed by atoms with Crippen LogP contribution >= 0.6 is 12.4 Å². The van der Waals surface area contributed by atoms with E-state index in [4.69, 9.17) is 4.42 Å². The van der Waals surface area contributed by atoms with Gasteiger partial charge in [0.1, 0.15) is 5.58 Å². The summed E-state index contributed by atoms with van der Waals surface area (Å²) in [6.45, 7) is 2.41. The summed E-state index contributed by atoms with van der Waals surface area (Å²) < 4.78 is 33.5. The van der Waals surface area contributed by atoms with Crippen molar-refractivity contribution in [3.63, 3.8) is 0 Å². The van der Waals surface area contributed by atoms with E-state index in [1.807, 2.05) is 24.3 Å². The fraction of sp³-hybridized carbons (Fsp3) is 0.227. The number of para-hydroxylation sites is 1. The first-order valence-electron chi connectivity index (χ1n) is 9.65. The average molecular weight is 462 g/mol. The number of hydrogen-bond donors (Lipinski definition) is 3. The Kier molecular flexibility index (Phi) is 7.30. The van der Waals surface area contributed by atoms with Gasteiger partial charge in [0, 0.05) is 47.9 Å². The molecule has 0 aliphatic carbocycles. The summed E-state index contributed by atoms with van der Waals surface area (Å²) >= 11 is 0. The highest BCUT2D eigenvalue weighted by Gasteiger charge is 2.19. The lowest BCUT2D eigenvalue weighted by Crippen LogP contribution is -2.40. The first kappa shape index (κ1) is 23.2. The zero-order valence-corrected chi connectivity index (χ0v) is 18.5. The highest BCUT2D eigenvalue weighted by molar-refractivity contribution is 7.89. The van der Waals surface area contributed by atoms with E-state index in [0.717, 1.165) is 21.7 Å². The topological polar surface area (TPSA) is 104 Å². The molecule has 31 heavy (non-hydrogen) atoms. The highest BCUT2D eigenvalue weighted by atomic mass is 35.5. The van der Waals surface area contributed by atoms with Gasteiger partial charge < -0.3 is 14.8 Å². The quantitative estimate of drug-likeness (QED) is 0.371. The molecular weight excluding hydrogens is 438 g/mol. The van der Waals surface area contributed by atoms with Crippen LogP contribution in [0.4, 0.5) is 0 Å². The lowest BCUT2D eigenvalue weighted by atomic mass is 10.1. The van der Waals surface area contributed by atoms with Gasteiger partial charge in [0.15, 0.2) is 0 Å². The molecule has 0 amide bonds. The maximum Gasteiger partial charge on any atom is 0.240 e. The van der Waals surface area contributed by atoms with E-state index in [1.54, 1.807) is 49.8 Å². The second-order valence-electron chi connectivity index (χ2n) is 7.27. The third-order valence-electron chi connectivity index (χ3n) is 4.94. The van der Waals surface area contributed by atoms with E-state index in [2.05, 4.69) is 15.0 Å². The second-order valence-corrected chi connectivity index (χ2v) is 8.98. The number of aliphatic hydroxyl groups excluding tert-OH is 1. The second kappa shape index (κ2) is 9.76. The van der Waals surface area contributed by atoms with Gasteiger partial charge >= 0.3 is 0 Å². The minimum Gasteiger partial charge on any atom is -0.464 e. The maximum absolute atomic E-state index is 12.7. The average Bonchev–Trinajstić information content (AvgIpc) is 3.17. The predicted octanol–water partition coefficient (Wildman–Crippen LogP) is 3.39. The van der Waals surface area contributed by atoms with Gasteiger partial charge in [0.05, 0.1) is 17.3 Å². The van der Waals surface area contributed by atoms with Crippen LogP contribution < -0.4 is 10.0 Å². The summed E-state index contributed by atoms with van der Waals surface area (Å²) in [7, 11) is -3.66. The van der Waals surface area contributed by atoms with Crippen molar-refractivity contribution in [3.8, 4) is 0 Å². The van der Waals surface area contributed by atoms with Gasteiger partial charge in [-0.2, -0.15) is 0 Å². The summed E-state index contributed by atoms with van der Waals surface area (Å²) in [6.07, 6.45) is 4.12. The normalized spacial score (nSPS) is 13.7. The monoisotopic (exact) mass is 461 g/mol. The van der Waals surface area contributed by atoms with Gasteiger partial charge in [-0.3, -0.25) is 4.98 Å². The molecule has 4 aromatic rings. The Balaban J connectivity index is 0.00000272. The smallest absolute Gasteiger partial charge is 0.240 e. The number of rotatable bonds is 8. The van der Waals surface area contributed by atoms with Crippen molar-refractivity contribution in [3.05, 3.63) is 72.8 Å². The number of sulfonamides is 1. The van der Waals surface area contributed by atoms with Crippen LogP contribution in [0.2, 0.25) is 0 Å². The molecule has 0 fully saturated rings. The Morgan fingerprint density at radius 1 is 1.10 bits per heavy atom. The molecule has 9 heteroatoms. The Bertz CT molecular complexity index is 1280. The molecule has 0 saturated heterocycles. The summed E-state index contributed by atoms with van der Waals surface area (Å²) in [5.74, 6) is 0. The molecule has 1 unspecified atom stereocenters. The summed E-state index contributed by atoms with van der Waals surface area (Å²) in [5.41, 5.74) is 1.43. The van der Waals surface area contributed by atoms with E-state index < -0.39 is 16.1 Å². The first-order valence-corrected chi connectivity index (χ1v) is 11.1. The van der Waals surface area contributed by atoms with Crippen molar-refractivity contribution >= 4 is 44.2 Å². The molecule has 0 saturated carbocycles. The summed E-state index contributed by atoms with van der Waals surface area (Å²) in [6, 6.07) is 13.9. The van der Waals surface area contributed by atoms with Crippen molar-refractivity contribution < 1.29 is 17.9 Å². The van der Waals surface area contributed by atoms with Gasteiger partial charge in [-0.1, -0.05) is 24.3 Å². The standard InChI is InChI=1S/C22H23N3O4S.ClH/c1-15(11-24-13-21(26)20-14-29-22-5-3-2-4-19(20)22)25-30(27,28)18-7-6-17-12-23-9-8-16(17)10-18;/h2-10,12,14-15,21,24-26H,11,13H2,1H3;1H/t15-,21?;/m1./s1.